The van der Waals surface area contributed by atoms with Crippen LogP contribution in [0.2, 0.25) is 0 Å². The number of thioether (sulfide) groups is 1. The minimum Gasteiger partial charge on any atom is -0.481 e. The van der Waals surface area contributed by atoms with Crippen molar-refractivity contribution >= 4 is 11.8 Å². The number of methoxy groups -OCH3 is 1. The number of nitrogens with one attached hydrogen (secondary N) is 1. The molecule has 2 heterocycles. The van der Waals surface area contributed by atoms with E-state index in [9.17, 15) is 0 Å². The smallest absolute Gasteiger partial charge is 0.213 e. The zero-order chi connectivity index (χ0) is 13.5. The molecular weight excluding hydrogens is 264 g/mol. The van der Waals surface area contributed by atoms with E-state index in [1.54, 1.807) is 23.6 Å². The second-order valence-electron chi connectivity index (χ2n) is 3.75. The topological polar surface area (TPSA) is 77.8 Å². The van der Waals surface area contributed by atoms with Crippen molar-refractivity contribution in [2.45, 2.75) is 17.5 Å². The molecule has 19 heavy (non-hydrogen) atoms. The lowest BCUT2D eigenvalue weighted by Crippen LogP contribution is -2.16. The molecule has 2 rings (SSSR count). The lowest BCUT2D eigenvalue weighted by atomic mass is 10.4. The number of ether oxygens (including phenoxy) is 1. The fourth-order valence-corrected chi connectivity index (χ4v) is 2.26. The minimum atomic E-state index is 0.618. The first-order valence-corrected chi connectivity index (χ1v) is 6.85. The molecule has 0 amide bonds. The summed E-state index contributed by atoms with van der Waals surface area (Å²) in [5, 5.41) is 15.5. The number of hydrogen-bond donors (Lipinski definition) is 1. The summed E-state index contributed by atoms with van der Waals surface area (Å²) < 4.78 is 6.87. The largest absolute Gasteiger partial charge is 0.481 e. The Morgan fingerprint density at radius 2 is 2.32 bits per heavy atom. The molecule has 1 N–H and O–H groups in total. The van der Waals surface area contributed by atoms with Crippen LogP contribution in [-0.2, 0) is 12.3 Å². The molecule has 0 saturated carbocycles. The molecule has 102 valence electrons. The first kappa shape index (κ1) is 13.8. The van der Waals surface area contributed by atoms with Crippen LogP contribution in [0.5, 0.6) is 5.88 Å². The number of nitrogens with zero attached hydrogens (tertiary/aromatic N) is 5. The van der Waals surface area contributed by atoms with Crippen LogP contribution in [0, 0.1) is 0 Å². The summed E-state index contributed by atoms with van der Waals surface area (Å²) in [6.07, 6.45) is 0. The standard InChI is InChI=1S/C11H16N6OS/c1-12-6-7-17-11(14-15-16-17)19-8-9-4-3-5-10(13-9)18-2/h3-5,12H,6-8H2,1-2H3. The minimum absolute atomic E-state index is 0.618. The van der Waals surface area contributed by atoms with Crippen molar-refractivity contribution in [3.63, 3.8) is 0 Å². The lowest BCUT2D eigenvalue weighted by Gasteiger charge is -2.04. The molecule has 2 aromatic heterocycles. The third kappa shape index (κ3) is 3.90. The Morgan fingerprint density at radius 3 is 3.11 bits per heavy atom. The van der Waals surface area contributed by atoms with Crippen LogP contribution in [0.15, 0.2) is 23.4 Å². The molecular formula is C11H16N6OS. The highest BCUT2D eigenvalue weighted by Crippen LogP contribution is 2.19. The van der Waals surface area contributed by atoms with Crippen LogP contribution in [0.3, 0.4) is 0 Å². The van der Waals surface area contributed by atoms with Crippen molar-refractivity contribution < 1.29 is 4.74 Å². The summed E-state index contributed by atoms with van der Waals surface area (Å²) in [6.45, 7) is 1.58. The van der Waals surface area contributed by atoms with Gasteiger partial charge in [0.15, 0.2) is 0 Å². The van der Waals surface area contributed by atoms with E-state index in [0.717, 1.165) is 23.9 Å². The Morgan fingerprint density at radius 1 is 1.42 bits per heavy atom. The van der Waals surface area contributed by atoms with Gasteiger partial charge in [0.1, 0.15) is 0 Å². The summed E-state index contributed by atoms with van der Waals surface area (Å²) in [6, 6.07) is 5.70. The summed E-state index contributed by atoms with van der Waals surface area (Å²) in [4.78, 5) is 4.35. The average molecular weight is 280 g/mol. The van der Waals surface area contributed by atoms with Crippen LogP contribution in [0.1, 0.15) is 5.69 Å². The maximum absolute atomic E-state index is 5.09. The Balaban J connectivity index is 1.96. The molecule has 7 nitrogen and oxygen atoms in total. The van der Waals surface area contributed by atoms with Crippen LogP contribution >= 0.6 is 11.8 Å². The molecule has 0 spiro atoms. The molecule has 0 unspecified atom stereocenters. The van der Waals surface area contributed by atoms with Crippen molar-refractivity contribution in [1.82, 2.24) is 30.5 Å². The molecule has 0 radical (unpaired) electrons. The fourth-order valence-electron chi connectivity index (χ4n) is 1.45. The van der Waals surface area contributed by atoms with Crippen molar-refractivity contribution in [3.8, 4) is 5.88 Å². The molecule has 2 aromatic rings. The van der Waals surface area contributed by atoms with Gasteiger partial charge in [0.2, 0.25) is 11.0 Å². The molecule has 0 aliphatic rings. The molecule has 0 atom stereocenters. The highest BCUT2D eigenvalue weighted by molar-refractivity contribution is 7.98. The van der Waals surface area contributed by atoms with Crippen molar-refractivity contribution in [2.75, 3.05) is 20.7 Å². The van der Waals surface area contributed by atoms with Crippen molar-refractivity contribution in [1.29, 1.82) is 0 Å². The Bertz CT molecular complexity index is 517. The van der Waals surface area contributed by atoms with Gasteiger partial charge in [-0.15, -0.1) is 5.10 Å². The highest BCUT2D eigenvalue weighted by Gasteiger charge is 2.07. The summed E-state index contributed by atoms with van der Waals surface area (Å²) in [5.74, 6) is 1.32. The van der Waals surface area contributed by atoms with Gasteiger partial charge in [0.05, 0.1) is 19.3 Å². The van der Waals surface area contributed by atoms with E-state index in [1.807, 2.05) is 25.2 Å². The molecule has 0 fully saturated rings. The van der Waals surface area contributed by atoms with Crippen molar-refractivity contribution in [2.24, 2.45) is 0 Å². The Labute approximate surface area is 115 Å². The number of aromatic nitrogens is 5. The van der Waals surface area contributed by atoms with E-state index in [1.165, 1.54) is 0 Å². The fraction of sp³-hybridized carbons (Fsp3) is 0.455. The van der Waals surface area contributed by atoms with E-state index >= 15 is 0 Å². The quantitative estimate of drug-likeness (QED) is 0.744. The molecule has 8 heteroatoms. The van der Waals surface area contributed by atoms with Crippen LogP contribution < -0.4 is 10.1 Å². The van der Waals surface area contributed by atoms with E-state index in [0.29, 0.717) is 11.6 Å². The van der Waals surface area contributed by atoms with Gasteiger partial charge in [-0.05, 0) is 23.5 Å². The van der Waals surface area contributed by atoms with E-state index in [4.69, 9.17) is 4.74 Å². The Hall–Kier alpha value is -1.67. The lowest BCUT2D eigenvalue weighted by molar-refractivity contribution is 0.397. The number of pyridine rings is 1. The van der Waals surface area contributed by atoms with Crippen LogP contribution in [-0.4, -0.2) is 45.9 Å². The second kappa shape index (κ2) is 7.05. The molecule has 0 aliphatic carbocycles. The molecule has 0 saturated heterocycles. The Kier molecular flexibility index (Phi) is 5.10. The summed E-state index contributed by atoms with van der Waals surface area (Å²) >= 11 is 1.56. The first-order chi connectivity index (χ1) is 9.33. The van der Waals surface area contributed by atoms with Gasteiger partial charge in [0.25, 0.3) is 0 Å². The predicted molar refractivity (Wildman–Crippen MR) is 72.1 cm³/mol. The monoisotopic (exact) mass is 280 g/mol. The number of likely N-dealkylation sites (N-methyl/N-ethyl adjacent to an activating group) is 1. The van der Waals surface area contributed by atoms with E-state index in [-0.39, 0.29) is 0 Å². The maximum atomic E-state index is 5.09. The first-order valence-electron chi connectivity index (χ1n) is 5.87. The molecule has 0 aliphatic heterocycles. The number of hydrogen-bond acceptors (Lipinski definition) is 7. The van der Waals surface area contributed by atoms with Gasteiger partial charge in [-0.25, -0.2) is 9.67 Å². The summed E-state index contributed by atoms with van der Waals surface area (Å²) in [7, 11) is 3.51. The average Bonchev–Trinajstić information content (AvgIpc) is 2.90. The van der Waals surface area contributed by atoms with Gasteiger partial charge in [-0.2, -0.15) is 0 Å². The predicted octanol–water partition coefficient (Wildman–Crippen LogP) is 0.588. The second-order valence-corrected chi connectivity index (χ2v) is 4.69. The third-order valence-corrected chi connectivity index (χ3v) is 3.40. The normalized spacial score (nSPS) is 10.6. The van der Waals surface area contributed by atoms with Gasteiger partial charge >= 0.3 is 0 Å². The maximum Gasteiger partial charge on any atom is 0.213 e. The zero-order valence-corrected chi connectivity index (χ0v) is 11.7. The van der Waals surface area contributed by atoms with Crippen LogP contribution in [0.25, 0.3) is 0 Å². The highest BCUT2D eigenvalue weighted by atomic mass is 32.2. The molecule has 0 bridgehead atoms. The van der Waals surface area contributed by atoms with Gasteiger partial charge in [-0.3, -0.25) is 0 Å². The summed E-state index contributed by atoms with van der Waals surface area (Å²) in [5.41, 5.74) is 0.938. The zero-order valence-electron chi connectivity index (χ0n) is 10.9. The SMILES string of the molecule is CNCCn1nnnc1SCc1cccc(OC)n1. The van der Waals surface area contributed by atoms with Gasteiger partial charge in [-0.1, -0.05) is 17.8 Å². The number of tetrazole rings is 1. The van der Waals surface area contributed by atoms with E-state index in [2.05, 4.69) is 25.8 Å². The van der Waals surface area contributed by atoms with Crippen LogP contribution in [0.4, 0.5) is 0 Å². The number of rotatable bonds is 7. The molecule has 0 aromatic carbocycles. The van der Waals surface area contributed by atoms with E-state index < -0.39 is 0 Å². The third-order valence-electron chi connectivity index (χ3n) is 2.41. The van der Waals surface area contributed by atoms with Gasteiger partial charge in [0, 0.05) is 18.4 Å². The van der Waals surface area contributed by atoms with Crippen molar-refractivity contribution in [3.05, 3.63) is 23.9 Å². The van der Waals surface area contributed by atoms with Gasteiger partial charge < -0.3 is 10.1 Å².